The Labute approximate surface area is 260 Å². The molecular formula is C32H33ClFN7O3. The monoisotopic (exact) mass is 617 g/mol. The van der Waals surface area contributed by atoms with Crippen molar-refractivity contribution < 1.29 is 18.7 Å². The zero-order valence-electron chi connectivity index (χ0n) is 24.5. The maximum absolute atomic E-state index is 13.8. The average Bonchev–Trinajstić information content (AvgIpc) is 3.35. The molecular weight excluding hydrogens is 585 g/mol. The maximum Gasteiger partial charge on any atom is 0.318 e. The number of likely N-dealkylation sites (tertiary alicyclic amines) is 1. The molecule has 228 valence electrons. The second-order valence-corrected chi connectivity index (χ2v) is 11.8. The van der Waals surface area contributed by atoms with Crippen LogP contribution in [0.2, 0.25) is 5.02 Å². The quantitative estimate of drug-likeness (QED) is 0.362. The molecule has 0 aliphatic carbocycles. The minimum atomic E-state index is -1.04. The molecule has 2 fully saturated rings. The molecule has 1 aromatic heterocycles. The van der Waals surface area contributed by atoms with Gasteiger partial charge in [-0.25, -0.2) is 4.39 Å². The summed E-state index contributed by atoms with van der Waals surface area (Å²) in [5.41, 5.74) is 2.79. The molecule has 0 unspecified atom stereocenters. The lowest BCUT2D eigenvalue weighted by atomic mass is 10.0. The number of hydrogen-bond donors (Lipinski definition) is 0. The number of ether oxygens (including phenoxy) is 1. The fraction of sp³-hybridized carbons (Fsp3) is 0.406. The molecule has 3 aromatic rings. The van der Waals surface area contributed by atoms with Gasteiger partial charge in [0.25, 0.3) is 5.91 Å². The molecule has 0 saturated carbocycles. The summed E-state index contributed by atoms with van der Waals surface area (Å²) in [7, 11) is 1.78. The van der Waals surface area contributed by atoms with Crippen molar-refractivity contribution in [1.29, 1.82) is 5.26 Å². The first-order valence-corrected chi connectivity index (χ1v) is 15.1. The van der Waals surface area contributed by atoms with Gasteiger partial charge in [0.2, 0.25) is 5.91 Å². The zero-order valence-corrected chi connectivity index (χ0v) is 25.3. The third-order valence-electron chi connectivity index (χ3n) is 8.83. The molecule has 3 aliphatic rings. The van der Waals surface area contributed by atoms with Crippen LogP contribution in [0.1, 0.15) is 30.5 Å². The summed E-state index contributed by atoms with van der Waals surface area (Å²) in [6.07, 6.45) is 1.88. The van der Waals surface area contributed by atoms with Crippen molar-refractivity contribution in [3.05, 3.63) is 65.1 Å². The van der Waals surface area contributed by atoms with Crippen molar-refractivity contribution in [2.24, 2.45) is 0 Å². The summed E-state index contributed by atoms with van der Waals surface area (Å²) in [5.74, 6) is -1.06. The second-order valence-electron chi connectivity index (χ2n) is 11.4. The van der Waals surface area contributed by atoms with Gasteiger partial charge in [0, 0.05) is 56.3 Å². The van der Waals surface area contributed by atoms with E-state index in [2.05, 4.69) is 23.6 Å². The van der Waals surface area contributed by atoms with Crippen LogP contribution in [0, 0.1) is 11.3 Å². The predicted molar refractivity (Wildman–Crippen MR) is 165 cm³/mol. The number of fused-ring (bicyclic) bond motifs is 2. The lowest BCUT2D eigenvalue weighted by Crippen LogP contribution is -2.55. The summed E-state index contributed by atoms with van der Waals surface area (Å²) in [4.78, 5) is 41.6. The van der Waals surface area contributed by atoms with Crippen LogP contribution in [0.3, 0.4) is 0 Å². The minimum absolute atomic E-state index is 0.0454. The number of nitriles is 1. The van der Waals surface area contributed by atoms with E-state index in [-0.39, 0.29) is 37.5 Å². The van der Waals surface area contributed by atoms with Crippen LogP contribution in [-0.4, -0.2) is 83.5 Å². The van der Waals surface area contributed by atoms with E-state index >= 15 is 0 Å². The van der Waals surface area contributed by atoms with Crippen molar-refractivity contribution in [1.82, 2.24) is 19.8 Å². The Morgan fingerprint density at radius 3 is 2.66 bits per heavy atom. The number of hydrogen-bond acceptors (Lipinski definition) is 8. The number of nitrogens with zero attached hydrogens (tertiary/aromatic N) is 7. The molecule has 4 heterocycles. The van der Waals surface area contributed by atoms with E-state index in [1.54, 1.807) is 11.9 Å². The summed E-state index contributed by atoms with van der Waals surface area (Å²) in [5, 5.41) is 12.2. The van der Waals surface area contributed by atoms with E-state index in [9.17, 15) is 19.2 Å². The topological polar surface area (TPSA) is 106 Å². The van der Waals surface area contributed by atoms with Gasteiger partial charge in [0.15, 0.2) is 5.83 Å². The molecule has 0 spiro atoms. The Morgan fingerprint density at radius 2 is 1.93 bits per heavy atom. The van der Waals surface area contributed by atoms with Gasteiger partial charge in [-0.05, 0) is 30.4 Å². The number of amides is 2. The molecule has 10 nitrogen and oxygen atoms in total. The molecule has 0 N–H and O–H groups in total. The second kappa shape index (κ2) is 12.3. The van der Waals surface area contributed by atoms with Crippen molar-refractivity contribution in [3.8, 4) is 12.1 Å². The van der Waals surface area contributed by atoms with E-state index in [0.717, 1.165) is 27.7 Å². The smallest absolute Gasteiger partial charge is 0.318 e. The number of piperazine rings is 1. The van der Waals surface area contributed by atoms with E-state index in [1.165, 1.54) is 4.90 Å². The van der Waals surface area contributed by atoms with Crippen LogP contribution < -0.4 is 14.5 Å². The highest BCUT2D eigenvalue weighted by molar-refractivity contribution is 6.36. The molecule has 2 saturated heterocycles. The number of carbonyl (C=O) groups is 2. The number of halogens is 2. The summed E-state index contributed by atoms with van der Waals surface area (Å²) < 4.78 is 19.9. The Morgan fingerprint density at radius 1 is 1.14 bits per heavy atom. The van der Waals surface area contributed by atoms with Gasteiger partial charge >= 0.3 is 6.01 Å². The molecule has 0 radical (unpaired) electrons. The first-order chi connectivity index (χ1) is 21.2. The molecule has 0 bridgehead atoms. The molecule has 2 amide bonds. The minimum Gasteiger partial charge on any atom is -0.461 e. The Balaban J connectivity index is 1.34. The van der Waals surface area contributed by atoms with Gasteiger partial charge in [-0.1, -0.05) is 42.4 Å². The van der Waals surface area contributed by atoms with Crippen LogP contribution >= 0.6 is 11.6 Å². The molecule has 3 aliphatic heterocycles. The normalized spacial score (nSPS) is 20.1. The average molecular weight is 618 g/mol. The van der Waals surface area contributed by atoms with E-state index in [0.29, 0.717) is 56.3 Å². The lowest BCUT2D eigenvalue weighted by molar-refractivity contribution is -0.131. The number of anilines is 2. The Bertz CT molecular complexity index is 1670. The largest absolute Gasteiger partial charge is 0.461 e. The first-order valence-electron chi connectivity index (χ1n) is 14.7. The van der Waals surface area contributed by atoms with Crippen molar-refractivity contribution >= 4 is 45.7 Å². The van der Waals surface area contributed by atoms with Gasteiger partial charge in [-0.15, -0.1) is 0 Å². The fourth-order valence-corrected chi connectivity index (χ4v) is 6.72. The third-order valence-corrected chi connectivity index (χ3v) is 9.15. The standard InChI is InChI=1S/C32H33ClFN7O3/c1-20(34)31(43)41-16-15-40(17-22(41)11-13-35)30-24-12-14-39(27-8-4-6-21-5-3-7-25(33)29(21)27)18-26(24)36-32(37-30)44-19-23-9-10-28(42)38(23)2/h3-8,22-23H,1,9-12,14-19H2,2H3/t22-,23-/m0/s1. The fourth-order valence-electron chi connectivity index (χ4n) is 6.44. The zero-order chi connectivity index (χ0) is 31.0. The summed E-state index contributed by atoms with van der Waals surface area (Å²) >= 11 is 6.67. The van der Waals surface area contributed by atoms with Crippen LogP contribution in [-0.2, 0) is 22.6 Å². The van der Waals surface area contributed by atoms with Gasteiger partial charge in [-0.2, -0.15) is 15.2 Å². The molecule has 44 heavy (non-hydrogen) atoms. The Kier molecular flexibility index (Phi) is 8.27. The number of aromatic nitrogens is 2. The van der Waals surface area contributed by atoms with Crippen molar-refractivity contribution in [2.75, 3.05) is 49.6 Å². The predicted octanol–water partition coefficient (Wildman–Crippen LogP) is 4.26. The van der Waals surface area contributed by atoms with E-state index in [4.69, 9.17) is 26.3 Å². The van der Waals surface area contributed by atoms with Crippen LogP contribution in [0.25, 0.3) is 10.8 Å². The molecule has 12 heteroatoms. The molecule has 6 rings (SSSR count). The van der Waals surface area contributed by atoms with E-state index in [1.807, 2.05) is 35.2 Å². The number of benzene rings is 2. The number of rotatable bonds is 7. The third kappa shape index (κ3) is 5.62. The van der Waals surface area contributed by atoms with Crippen LogP contribution in [0.15, 0.2) is 48.8 Å². The van der Waals surface area contributed by atoms with Gasteiger partial charge in [-0.3, -0.25) is 9.59 Å². The summed E-state index contributed by atoms with van der Waals surface area (Å²) in [6.45, 7) is 5.54. The van der Waals surface area contributed by atoms with Gasteiger partial charge < -0.3 is 24.3 Å². The van der Waals surface area contributed by atoms with Crippen molar-refractivity contribution in [3.63, 3.8) is 0 Å². The number of likely N-dealkylation sites (N-methyl/N-ethyl adjacent to an activating group) is 1. The van der Waals surface area contributed by atoms with Gasteiger partial charge in [0.1, 0.15) is 12.4 Å². The molecule has 2 atom stereocenters. The highest BCUT2D eigenvalue weighted by Crippen LogP contribution is 2.37. The van der Waals surface area contributed by atoms with Crippen LogP contribution in [0.4, 0.5) is 15.9 Å². The SMILES string of the molecule is C=C(F)C(=O)N1CCN(c2nc(OC[C@@H]3CCC(=O)N3C)nc3c2CCN(c2cccc4cccc(Cl)c24)C3)C[C@@H]1CC#N. The number of carbonyl (C=O) groups excluding carboxylic acids is 2. The maximum atomic E-state index is 13.8. The Hall–Kier alpha value is -4.43. The van der Waals surface area contributed by atoms with Gasteiger partial charge in [0.05, 0.1) is 41.8 Å². The summed E-state index contributed by atoms with van der Waals surface area (Å²) in [6, 6.07) is 13.7. The highest BCUT2D eigenvalue weighted by atomic mass is 35.5. The molecule has 2 aromatic carbocycles. The lowest BCUT2D eigenvalue weighted by Gasteiger charge is -2.42. The van der Waals surface area contributed by atoms with Crippen LogP contribution in [0.5, 0.6) is 6.01 Å². The first kappa shape index (κ1) is 29.6. The highest BCUT2D eigenvalue weighted by Gasteiger charge is 2.35. The van der Waals surface area contributed by atoms with E-state index < -0.39 is 17.8 Å². The van der Waals surface area contributed by atoms with Crippen molar-refractivity contribution in [2.45, 2.75) is 44.3 Å².